The van der Waals surface area contributed by atoms with Crippen LogP contribution in [0.25, 0.3) is 0 Å². The van der Waals surface area contributed by atoms with Gasteiger partial charge in [0.2, 0.25) is 0 Å². The smallest absolute Gasteiger partial charge is 0.157 e. The summed E-state index contributed by atoms with van der Waals surface area (Å²) in [6, 6.07) is 0. The fraction of sp³-hybridized carbons (Fsp3) is 1.00. The van der Waals surface area contributed by atoms with Gasteiger partial charge in [0.1, 0.15) is 0 Å². The van der Waals surface area contributed by atoms with E-state index in [0.717, 1.165) is 32.5 Å². The van der Waals surface area contributed by atoms with Gasteiger partial charge in [-0.25, -0.2) is 0 Å². The van der Waals surface area contributed by atoms with Crippen molar-refractivity contribution < 1.29 is 37.9 Å². The average molecular weight is 619 g/mol. The van der Waals surface area contributed by atoms with E-state index in [-0.39, 0.29) is 6.29 Å². The molecule has 0 bridgehead atoms. The quantitative estimate of drug-likeness (QED) is 0.0657. The van der Waals surface area contributed by atoms with Crippen LogP contribution < -0.4 is 0 Å². The molecule has 1 heterocycles. The van der Waals surface area contributed by atoms with Crippen molar-refractivity contribution in [3.05, 3.63) is 0 Å². The van der Waals surface area contributed by atoms with Crippen LogP contribution in [-0.4, -0.2) is 98.8 Å². The van der Waals surface area contributed by atoms with Gasteiger partial charge in [0.05, 0.1) is 79.3 Å². The van der Waals surface area contributed by atoms with Crippen LogP contribution in [0.5, 0.6) is 0 Å². The maximum atomic E-state index is 5.68. The molecular weight excluding hydrogens is 548 g/mol. The number of hydrogen-bond donors (Lipinski definition) is 0. The lowest BCUT2D eigenvalue weighted by Gasteiger charge is -2.22. The highest BCUT2D eigenvalue weighted by Gasteiger charge is 2.13. The molecule has 1 fully saturated rings. The standard InChI is InChI=1S/C35H70O8/c1-2-3-4-5-6-7-8-9-10-11-12-13-14-15-16-18-21-36-23-24-37-25-26-38-27-28-39-29-30-40-31-32-41-33-34-43-35-20-17-19-22-42-35/h35H,2-34H2,1H3. The Hall–Kier alpha value is -0.320. The summed E-state index contributed by atoms with van der Waals surface area (Å²) in [7, 11) is 0. The monoisotopic (exact) mass is 619 g/mol. The predicted octanol–water partition coefficient (Wildman–Crippen LogP) is 7.89. The van der Waals surface area contributed by atoms with Crippen molar-refractivity contribution in [2.45, 2.75) is 135 Å². The number of hydrogen-bond acceptors (Lipinski definition) is 8. The zero-order valence-corrected chi connectivity index (χ0v) is 28.2. The Balaban J connectivity index is 1.60. The van der Waals surface area contributed by atoms with Crippen molar-refractivity contribution >= 4 is 0 Å². The molecule has 0 radical (unpaired) electrons. The largest absolute Gasteiger partial charge is 0.379 e. The fourth-order valence-electron chi connectivity index (χ4n) is 5.03. The molecule has 0 spiro atoms. The van der Waals surface area contributed by atoms with Crippen molar-refractivity contribution in [3.8, 4) is 0 Å². The van der Waals surface area contributed by atoms with E-state index in [1.165, 1.54) is 103 Å². The predicted molar refractivity (Wildman–Crippen MR) is 174 cm³/mol. The van der Waals surface area contributed by atoms with E-state index in [4.69, 9.17) is 37.9 Å². The molecule has 8 heteroatoms. The second-order valence-electron chi connectivity index (χ2n) is 11.6. The van der Waals surface area contributed by atoms with Gasteiger partial charge in [-0.05, 0) is 25.7 Å². The topological polar surface area (TPSA) is 73.8 Å². The van der Waals surface area contributed by atoms with Gasteiger partial charge in [0, 0.05) is 13.2 Å². The third kappa shape index (κ3) is 32.9. The number of ether oxygens (including phenoxy) is 8. The Morgan fingerprint density at radius 1 is 0.395 bits per heavy atom. The lowest BCUT2D eigenvalue weighted by molar-refractivity contribution is -0.169. The highest BCUT2D eigenvalue weighted by molar-refractivity contribution is 4.54. The first-order chi connectivity index (χ1) is 21.4. The molecule has 1 atom stereocenters. The van der Waals surface area contributed by atoms with Crippen LogP contribution in [0.3, 0.4) is 0 Å². The Morgan fingerprint density at radius 3 is 1.12 bits per heavy atom. The van der Waals surface area contributed by atoms with Gasteiger partial charge in [-0.15, -0.1) is 0 Å². The highest BCUT2D eigenvalue weighted by atomic mass is 16.7. The Morgan fingerprint density at radius 2 is 0.744 bits per heavy atom. The van der Waals surface area contributed by atoms with Gasteiger partial charge < -0.3 is 37.9 Å². The molecule has 0 aromatic heterocycles. The molecule has 1 aliphatic heterocycles. The van der Waals surface area contributed by atoms with Gasteiger partial charge >= 0.3 is 0 Å². The van der Waals surface area contributed by atoms with Gasteiger partial charge in [0.25, 0.3) is 0 Å². The summed E-state index contributed by atoms with van der Waals surface area (Å²) in [5, 5.41) is 0. The van der Waals surface area contributed by atoms with Crippen LogP contribution in [0.1, 0.15) is 129 Å². The summed E-state index contributed by atoms with van der Waals surface area (Å²) >= 11 is 0. The van der Waals surface area contributed by atoms with Gasteiger partial charge in [-0.2, -0.15) is 0 Å². The van der Waals surface area contributed by atoms with E-state index in [0.29, 0.717) is 79.3 Å². The second-order valence-corrected chi connectivity index (χ2v) is 11.6. The van der Waals surface area contributed by atoms with Gasteiger partial charge in [-0.3, -0.25) is 0 Å². The van der Waals surface area contributed by atoms with E-state index in [1.54, 1.807) is 0 Å². The average Bonchev–Trinajstić information content (AvgIpc) is 3.03. The van der Waals surface area contributed by atoms with Crippen LogP contribution in [0.15, 0.2) is 0 Å². The molecule has 0 saturated carbocycles. The zero-order valence-electron chi connectivity index (χ0n) is 28.2. The summed E-state index contributed by atoms with van der Waals surface area (Å²) in [4.78, 5) is 0. The number of unbranched alkanes of at least 4 members (excludes halogenated alkanes) is 15. The first kappa shape index (κ1) is 40.7. The Kier molecular flexibility index (Phi) is 34.2. The molecule has 8 nitrogen and oxygen atoms in total. The second kappa shape index (κ2) is 36.2. The summed E-state index contributed by atoms with van der Waals surface area (Å²) < 4.78 is 44.4. The van der Waals surface area contributed by atoms with Gasteiger partial charge in [-0.1, -0.05) is 103 Å². The van der Waals surface area contributed by atoms with Crippen LogP contribution in [0, 0.1) is 0 Å². The van der Waals surface area contributed by atoms with Crippen LogP contribution in [-0.2, 0) is 37.9 Å². The van der Waals surface area contributed by atoms with Crippen molar-refractivity contribution in [1.29, 1.82) is 0 Å². The van der Waals surface area contributed by atoms with E-state index in [9.17, 15) is 0 Å². The molecule has 1 saturated heterocycles. The molecule has 0 aromatic rings. The van der Waals surface area contributed by atoms with E-state index in [1.807, 2.05) is 0 Å². The number of rotatable bonds is 36. The molecule has 1 rings (SSSR count). The molecular formula is C35H70O8. The lowest BCUT2D eigenvalue weighted by atomic mass is 10.0. The van der Waals surface area contributed by atoms with Crippen molar-refractivity contribution in [1.82, 2.24) is 0 Å². The van der Waals surface area contributed by atoms with Crippen molar-refractivity contribution in [3.63, 3.8) is 0 Å². The normalized spacial score (nSPS) is 15.4. The third-order valence-corrected chi connectivity index (χ3v) is 7.67. The van der Waals surface area contributed by atoms with Crippen LogP contribution in [0.4, 0.5) is 0 Å². The first-order valence-electron chi connectivity index (χ1n) is 18.1. The molecule has 0 amide bonds. The Labute approximate surface area is 265 Å². The minimum atomic E-state index is -0.0509. The maximum Gasteiger partial charge on any atom is 0.157 e. The van der Waals surface area contributed by atoms with E-state index in [2.05, 4.69) is 6.92 Å². The molecule has 1 aliphatic rings. The molecule has 0 N–H and O–H groups in total. The SMILES string of the molecule is CCCCCCCCCCCCCCCCCCOCCOCCOCCOCCOCCOCCOC1CCCCO1. The molecule has 43 heavy (non-hydrogen) atoms. The summed E-state index contributed by atoms with van der Waals surface area (Å²) in [5.74, 6) is 0. The first-order valence-corrected chi connectivity index (χ1v) is 18.1. The molecule has 0 aromatic carbocycles. The fourth-order valence-corrected chi connectivity index (χ4v) is 5.03. The highest BCUT2D eigenvalue weighted by Crippen LogP contribution is 2.14. The molecule has 258 valence electrons. The summed E-state index contributed by atoms with van der Waals surface area (Å²) in [5.41, 5.74) is 0. The summed E-state index contributed by atoms with van der Waals surface area (Å²) in [6.45, 7) is 10.9. The Bertz CT molecular complexity index is 504. The van der Waals surface area contributed by atoms with Crippen LogP contribution in [0.2, 0.25) is 0 Å². The molecule has 1 unspecified atom stereocenters. The summed E-state index contributed by atoms with van der Waals surface area (Å²) in [6.07, 6.45) is 25.5. The van der Waals surface area contributed by atoms with Gasteiger partial charge in [0.15, 0.2) is 6.29 Å². The minimum absolute atomic E-state index is 0.0509. The van der Waals surface area contributed by atoms with Crippen molar-refractivity contribution in [2.24, 2.45) is 0 Å². The van der Waals surface area contributed by atoms with Crippen LogP contribution >= 0.6 is 0 Å². The third-order valence-electron chi connectivity index (χ3n) is 7.67. The van der Waals surface area contributed by atoms with Crippen molar-refractivity contribution in [2.75, 3.05) is 92.5 Å². The maximum absolute atomic E-state index is 5.68. The van der Waals surface area contributed by atoms with E-state index < -0.39 is 0 Å². The minimum Gasteiger partial charge on any atom is -0.379 e. The lowest BCUT2D eigenvalue weighted by Crippen LogP contribution is -2.24. The zero-order chi connectivity index (χ0) is 30.6. The molecule has 0 aliphatic carbocycles. The van der Waals surface area contributed by atoms with E-state index >= 15 is 0 Å².